The van der Waals surface area contributed by atoms with Crippen molar-refractivity contribution in [1.82, 2.24) is 9.88 Å². The average Bonchev–Trinajstić information content (AvgIpc) is 3.02. The van der Waals surface area contributed by atoms with Crippen molar-refractivity contribution in [3.8, 4) is 0 Å². The summed E-state index contributed by atoms with van der Waals surface area (Å²) in [7, 11) is 0. The molecule has 1 N–H and O–H groups in total. The van der Waals surface area contributed by atoms with Gasteiger partial charge in [-0.25, -0.2) is 0 Å². The summed E-state index contributed by atoms with van der Waals surface area (Å²) in [5, 5.41) is 15.4. The molecule has 0 saturated carbocycles. The van der Waals surface area contributed by atoms with Crippen molar-refractivity contribution in [2.24, 2.45) is 0 Å². The van der Waals surface area contributed by atoms with Gasteiger partial charge in [0.1, 0.15) is 5.69 Å². The molecule has 106 valence electrons. The monoisotopic (exact) mass is 357 g/mol. The summed E-state index contributed by atoms with van der Waals surface area (Å²) in [5.41, 5.74) is 0.223. The molecule has 2 heterocycles. The van der Waals surface area contributed by atoms with Gasteiger partial charge in [0.2, 0.25) is 0 Å². The highest BCUT2D eigenvalue weighted by Gasteiger charge is 2.18. The number of thiophene rings is 1. The minimum absolute atomic E-state index is 0.0747. The highest BCUT2D eigenvalue weighted by atomic mass is 79.9. The molecule has 8 heteroatoms. The van der Waals surface area contributed by atoms with E-state index in [0.717, 1.165) is 9.35 Å². The molecule has 0 aromatic carbocycles. The number of hydrogen-bond acceptors (Lipinski definition) is 4. The second-order valence-corrected chi connectivity index (χ2v) is 5.86. The highest BCUT2D eigenvalue weighted by molar-refractivity contribution is 9.10. The first-order valence-corrected chi connectivity index (χ1v) is 7.54. The number of nitro groups is 1. The minimum atomic E-state index is -0.501. The minimum Gasteiger partial charge on any atom is -0.346 e. The van der Waals surface area contributed by atoms with Crippen LogP contribution in [0.25, 0.3) is 0 Å². The molecule has 0 spiro atoms. The van der Waals surface area contributed by atoms with Gasteiger partial charge >= 0.3 is 0 Å². The molecule has 0 bridgehead atoms. The lowest BCUT2D eigenvalue weighted by molar-refractivity contribution is -0.384. The summed E-state index contributed by atoms with van der Waals surface area (Å²) in [5.74, 6) is -0.319. The van der Waals surface area contributed by atoms with Crippen LogP contribution in [0, 0.1) is 10.1 Å². The smallest absolute Gasteiger partial charge is 0.287 e. The fourth-order valence-corrected chi connectivity index (χ4v) is 3.18. The Hall–Kier alpha value is -1.67. The zero-order valence-corrected chi connectivity index (χ0v) is 13.0. The molecule has 0 aliphatic heterocycles. The summed E-state index contributed by atoms with van der Waals surface area (Å²) >= 11 is 4.92. The Morgan fingerprint density at radius 1 is 1.60 bits per heavy atom. The van der Waals surface area contributed by atoms with E-state index in [1.54, 1.807) is 4.57 Å². The third-order valence-electron chi connectivity index (χ3n) is 2.77. The van der Waals surface area contributed by atoms with Crippen LogP contribution in [-0.2, 0) is 13.1 Å². The molecule has 2 aromatic rings. The van der Waals surface area contributed by atoms with E-state index < -0.39 is 4.92 Å². The van der Waals surface area contributed by atoms with Gasteiger partial charge in [0, 0.05) is 22.0 Å². The van der Waals surface area contributed by atoms with E-state index >= 15 is 0 Å². The molecule has 1 amide bonds. The third kappa shape index (κ3) is 3.07. The summed E-state index contributed by atoms with van der Waals surface area (Å²) in [6, 6.07) is 3.20. The number of nitrogens with zero attached hydrogens (tertiary/aromatic N) is 2. The van der Waals surface area contributed by atoms with E-state index in [0.29, 0.717) is 18.8 Å². The maximum Gasteiger partial charge on any atom is 0.287 e. The third-order valence-corrected chi connectivity index (χ3v) is 4.69. The molecular weight excluding hydrogens is 346 g/mol. The number of carbonyl (C=O) groups excluding carboxylic acids is 1. The Kier molecular flexibility index (Phi) is 4.56. The second kappa shape index (κ2) is 6.19. The largest absolute Gasteiger partial charge is 0.346 e. The molecule has 20 heavy (non-hydrogen) atoms. The van der Waals surface area contributed by atoms with Crippen molar-refractivity contribution in [3.63, 3.8) is 0 Å². The number of nitrogens with one attached hydrogen (secondary N) is 1. The van der Waals surface area contributed by atoms with E-state index in [-0.39, 0.29) is 11.6 Å². The van der Waals surface area contributed by atoms with Crippen LogP contribution in [0.3, 0.4) is 0 Å². The first kappa shape index (κ1) is 14.7. The molecule has 0 fully saturated rings. The van der Waals surface area contributed by atoms with E-state index in [1.807, 2.05) is 18.4 Å². The quantitative estimate of drug-likeness (QED) is 0.659. The van der Waals surface area contributed by atoms with Gasteiger partial charge in [-0.3, -0.25) is 14.9 Å². The number of carbonyl (C=O) groups is 1. The Morgan fingerprint density at radius 3 is 2.90 bits per heavy atom. The first-order valence-electron chi connectivity index (χ1n) is 5.87. The van der Waals surface area contributed by atoms with Gasteiger partial charge in [0.15, 0.2) is 0 Å². The zero-order valence-electron chi connectivity index (χ0n) is 10.6. The maximum absolute atomic E-state index is 12.1. The average molecular weight is 358 g/mol. The Morgan fingerprint density at radius 2 is 2.35 bits per heavy atom. The van der Waals surface area contributed by atoms with Crippen LogP contribution < -0.4 is 5.32 Å². The predicted molar refractivity (Wildman–Crippen MR) is 79.9 cm³/mol. The van der Waals surface area contributed by atoms with Gasteiger partial charge in [-0.1, -0.05) is 0 Å². The second-order valence-electron chi connectivity index (χ2n) is 4.00. The lowest BCUT2D eigenvalue weighted by Crippen LogP contribution is -2.24. The van der Waals surface area contributed by atoms with Gasteiger partial charge in [0.25, 0.3) is 11.6 Å². The molecule has 0 radical (unpaired) electrons. The van der Waals surface area contributed by atoms with Gasteiger partial charge in [0.05, 0.1) is 17.7 Å². The van der Waals surface area contributed by atoms with Crippen LogP contribution in [0.15, 0.2) is 28.2 Å². The van der Waals surface area contributed by atoms with Crippen LogP contribution in [0.1, 0.15) is 22.3 Å². The Balaban J connectivity index is 2.12. The zero-order chi connectivity index (χ0) is 14.7. The topological polar surface area (TPSA) is 77.2 Å². The van der Waals surface area contributed by atoms with Crippen molar-refractivity contribution in [3.05, 3.63) is 48.9 Å². The van der Waals surface area contributed by atoms with E-state index in [2.05, 4.69) is 21.2 Å². The van der Waals surface area contributed by atoms with Crippen molar-refractivity contribution in [1.29, 1.82) is 0 Å². The fraction of sp³-hybridized carbons (Fsp3) is 0.250. The first-order chi connectivity index (χ1) is 9.52. The predicted octanol–water partition coefficient (Wildman–Crippen LogP) is 3.17. The molecule has 0 aliphatic rings. The molecular formula is C12H12BrN3O3S. The fourth-order valence-electron chi connectivity index (χ4n) is 1.75. The summed E-state index contributed by atoms with van der Waals surface area (Å²) in [4.78, 5) is 23.4. The van der Waals surface area contributed by atoms with Crippen LogP contribution >= 0.6 is 27.3 Å². The van der Waals surface area contributed by atoms with E-state index in [4.69, 9.17) is 0 Å². The van der Waals surface area contributed by atoms with Crippen LogP contribution in [0.2, 0.25) is 0 Å². The molecule has 0 saturated heterocycles. The van der Waals surface area contributed by atoms with Gasteiger partial charge in [-0.2, -0.15) is 0 Å². The summed E-state index contributed by atoms with van der Waals surface area (Å²) < 4.78 is 2.51. The summed E-state index contributed by atoms with van der Waals surface area (Å²) in [6.45, 7) is 2.72. The molecule has 6 nitrogen and oxygen atoms in total. The molecule has 0 unspecified atom stereocenters. The van der Waals surface area contributed by atoms with Crippen molar-refractivity contribution in [2.75, 3.05) is 0 Å². The van der Waals surface area contributed by atoms with Gasteiger partial charge < -0.3 is 9.88 Å². The lowest BCUT2D eigenvalue weighted by atomic mass is 10.3. The van der Waals surface area contributed by atoms with E-state index in [9.17, 15) is 14.9 Å². The molecule has 2 aromatic heterocycles. The normalized spacial score (nSPS) is 10.5. The SMILES string of the molecule is CCn1cc([N+](=O)[O-])cc1C(=O)NCc1sccc1Br. The Labute approximate surface area is 127 Å². The van der Waals surface area contributed by atoms with Crippen LogP contribution in [0.5, 0.6) is 0 Å². The number of halogens is 1. The van der Waals surface area contributed by atoms with E-state index in [1.165, 1.54) is 23.6 Å². The highest BCUT2D eigenvalue weighted by Crippen LogP contribution is 2.22. The van der Waals surface area contributed by atoms with Crippen molar-refractivity contribution in [2.45, 2.75) is 20.0 Å². The molecule has 2 rings (SSSR count). The molecule has 0 atom stereocenters. The Bertz CT molecular complexity index is 650. The van der Waals surface area contributed by atoms with Gasteiger partial charge in [-0.15, -0.1) is 11.3 Å². The van der Waals surface area contributed by atoms with Crippen molar-refractivity contribution >= 4 is 38.9 Å². The number of aryl methyl sites for hydroxylation is 1. The number of aromatic nitrogens is 1. The number of hydrogen-bond donors (Lipinski definition) is 1. The number of rotatable bonds is 5. The van der Waals surface area contributed by atoms with Crippen LogP contribution in [-0.4, -0.2) is 15.4 Å². The molecule has 0 aliphatic carbocycles. The van der Waals surface area contributed by atoms with Crippen molar-refractivity contribution < 1.29 is 9.72 Å². The van der Waals surface area contributed by atoms with Crippen LogP contribution in [0.4, 0.5) is 5.69 Å². The number of amides is 1. The summed E-state index contributed by atoms with van der Waals surface area (Å²) in [6.07, 6.45) is 1.37. The maximum atomic E-state index is 12.1. The van der Waals surface area contributed by atoms with Gasteiger partial charge in [-0.05, 0) is 34.3 Å². The lowest BCUT2D eigenvalue weighted by Gasteiger charge is -2.06. The standard InChI is InChI=1S/C12H12BrN3O3S/c1-2-15-7-8(16(18)19)5-10(15)12(17)14-6-11-9(13)3-4-20-11/h3-5,7H,2,6H2,1H3,(H,14,17).